The van der Waals surface area contributed by atoms with Gasteiger partial charge in [-0.1, -0.05) is 31.2 Å². The van der Waals surface area contributed by atoms with Crippen molar-refractivity contribution in [2.75, 3.05) is 6.54 Å². The Morgan fingerprint density at radius 3 is 3.05 bits per heavy atom. The van der Waals surface area contributed by atoms with Crippen LogP contribution in [0.1, 0.15) is 41.6 Å². The summed E-state index contributed by atoms with van der Waals surface area (Å²) in [6.45, 7) is 3.43. The van der Waals surface area contributed by atoms with Crippen LogP contribution in [-0.2, 0) is 25.0 Å². The van der Waals surface area contributed by atoms with Crippen LogP contribution in [0.4, 0.5) is 0 Å². The van der Waals surface area contributed by atoms with E-state index >= 15 is 0 Å². The number of hydrogen-bond donors (Lipinski definition) is 2. The minimum Gasteiger partial charge on any atom is -0.384 e. The van der Waals surface area contributed by atoms with E-state index in [-0.39, 0.29) is 0 Å². The molecule has 3 rings (SSSR count). The van der Waals surface area contributed by atoms with E-state index in [1.165, 1.54) is 10.6 Å². The van der Waals surface area contributed by atoms with Crippen LogP contribution >= 0.6 is 11.3 Å². The Morgan fingerprint density at radius 2 is 2.24 bits per heavy atom. The average molecular weight is 302 g/mol. The van der Waals surface area contributed by atoms with Gasteiger partial charge in [0.1, 0.15) is 5.60 Å². The number of benzene rings is 1. The van der Waals surface area contributed by atoms with Crippen LogP contribution in [0, 0.1) is 0 Å². The van der Waals surface area contributed by atoms with E-state index in [1.54, 1.807) is 11.3 Å². The van der Waals surface area contributed by atoms with Gasteiger partial charge in [-0.25, -0.2) is 4.98 Å². The molecule has 0 radical (unpaired) electrons. The number of aliphatic hydroxyl groups is 1. The minimum atomic E-state index is -0.738. The summed E-state index contributed by atoms with van der Waals surface area (Å²) in [6.07, 6.45) is 3.94. The zero-order valence-corrected chi connectivity index (χ0v) is 13.2. The second-order valence-electron chi connectivity index (χ2n) is 5.73. The van der Waals surface area contributed by atoms with Gasteiger partial charge in [0.05, 0.1) is 10.7 Å². The Kier molecular flexibility index (Phi) is 4.38. The number of rotatable bonds is 5. The van der Waals surface area contributed by atoms with E-state index < -0.39 is 5.60 Å². The van der Waals surface area contributed by atoms with Gasteiger partial charge in [0, 0.05) is 18.5 Å². The fourth-order valence-electron chi connectivity index (χ4n) is 3.07. The van der Waals surface area contributed by atoms with E-state index in [9.17, 15) is 5.11 Å². The molecule has 1 unspecified atom stereocenters. The summed E-state index contributed by atoms with van der Waals surface area (Å²) in [5.74, 6) is 0. The van der Waals surface area contributed by atoms with E-state index in [1.807, 2.05) is 6.07 Å². The molecule has 0 aliphatic heterocycles. The lowest BCUT2D eigenvalue weighted by atomic mass is 9.79. The predicted molar refractivity (Wildman–Crippen MR) is 86.5 cm³/mol. The predicted octanol–water partition coefficient (Wildman–Crippen LogP) is 3.02. The summed E-state index contributed by atoms with van der Waals surface area (Å²) in [5.41, 5.74) is 2.72. The molecule has 21 heavy (non-hydrogen) atoms. The summed E-state index contributed by atoms with van der Waals surface area (Å²) in [5, 5.41) is 17.6. The standard InChI is InChI=1S/C17H22N2OS/c1-2-16-19-14(11-21-16)10-18-12-17(20)9-5-7-13-6-3-4-8-15(13)17/h3-4,6,8,11,18,20H,2,5,7,9-10,12H2,1H3. The fourth-order valence-corrected chi connectivity index (χ4v) is 3.82. The monoisotopic (exact) mass is 302 g/mol. The molecule has 3 nitrogen and oxygen atoms in total. The average Bonchev–Trinajstić information content (AvgIpc) is 2.96. The van der Waals surface area contributed by atoms with Crippen molar-refractivity contribution in [1.82, 2.24) is 10.3 Å². The van der Waals surface area contributed by atoms with Crippen molar-refractivity contribution in [1.29, 1.82) is 0 Å². The normalized spacial score (nSPS) is 21.2. The van der Waals surface area contributed by atoms with Crippen LogP contribution in [0.5, 0.6) is 0 Å². The van der Waals surface area contributed by atoms with Crippen molar-refractivity contribution in [3.8, 4) is 0 Å². The fraction of sp³-hybridized carbons (Fsp3) is 0.471. The van der Waals surface area contributed by atoms with Crippen LogP contribution in [0.15, 0.2) is 29.6 Å². The van der Waals surface area contributed by atoms with Crippen molar-refractivity contribution in [2.45, 2.75) is 44.8 Å². The van der Waals surface area contributed by atoms with Gasteiger partial charge in [-0.3, -0.25) is 0 Å². The van der Waals surface area contributed by atoms with Crippen molar-refractivity contribution in [3.63, 3.8) is 0 Å². The number of nitrogens with one attached hydrogen (secondary N) is 1. The van der Waals surface area contributed by atoms with Crippen LogP contribution in [0.25, 0.3) is 0 Å². The van der Waals surface area contributed by atoms with Crippen molar-refractivity contribution < 1.29 is 5.11 Å². The Bertz CT molecular complexity index is 610. The molecular weight excluding hydrogens is 280 g/mol. The zero-order chi connectivity index (χ0) is 14.7. The number of hydrogen-bond acceptors (Lipinski definition) is 4. The highest BCUT2D eigenvalue weighted by molar-refractivity contribution is 7.09. The maximum Gasteiger partial charge on any atom is 0.102 e. The first kappa shape index (κ1) is 14.7. The second-order valence-corrected chi connectivity index (χ2v) is 6.67. The van der Waals surface area contributed by atoms with E-state index in [4.69, 9.17) is 0 Å². The summed E-state index contributed by atoms with van der Waals surface area (Å²) >= 11 is 1.71. The third-order valence-electron chi connectivity index (χ3n) is 4.18. The van der Waals surface area contributed by atoms with Gasteiger partial charge in [0.15, 0.2) is 0 Å². The highest BCUT2D eigenvalue weighted by Crippen LogP contribution is 2.34. The summed E-state index contributed by atoms with van der Waals surface area (Å²) in [7, 11) is 0. The molecule has 0 amide bonds. The van der Waals surface area contributed by atoms with Gasteiger partial charge >= 0.3 is 0 Å². The van der Waals surface area contributed by atoms with Crippen molar-refractivity contribution in [3.05, 3.63) is 51.5 Å². The van der Waals surface area contributed by atoms with Gasteiger partial charge in [-0.15, -0.1) is 11.3 Å². The molecule has 1 atom stereocenters. The smallest absolute Gasteiger partial charge is 0.102 e. The van der Waals surface area contributed by atoms with E-state index in [2.05, 4.69) is 40.8 Å². The van der Waals surface area contributed by atoms with E-state index in [0.29, 0.717) is 6.54 Å². The minimum absolute atomic E-state index is 0.586. The van der Waals surface area contributed by atoms with Gasteiger partial charge in [0.2, 0.25) is 0 Å². The quantitative estimate of drug-likeness (QED) is 0.892. The maximum absolute atomic E-state index is 11.0. The number of aromatic nitrogens is 1. The first-order chi connectivity index (χ1) is 10.2. The third kappa shape index (κ3) is 3.18. The largest absolute Gasteiger partial charge is 0.384 e. The molecule has 1 aromatic heterocycles. The lowest BCUT2D eigenvalue weighted by Crippen LogP contribution is -2.40. The summed E-state index contributed by atoms with van der Waals surface area (Å²) in [6, 6.07) is 8.27. The molecule has 1 aliphatic carbocycles. The topological polar surface area (TPSA) is 45.2 Å². The second kappa shape index (κ2) is 6.26. The van der Waals surface area contributed by atoms with Gasteiger partial charge in [0.25, 0.3) is 0 Å². The molecule has 0 fully saturated rings. The van der Waals surface area contributed by atoms with Crippen LogP contribution in [0.2, 0.25) is 0 Å². The highest BCUT2D eigenvalue weighted by atomic mass is 32.1. The number of aryl methyl sites for hydroxylation is 2. The highest BCUT2D eigenvalue weighted by Gasteiger charge is 2.33. The third-order valence-corrected chi connectivity index (χ3v) is 5.22. The summed E-state index contributed by atoms with van der Waals surface area (Å²) in [4.78, 5) is 4.55. The number of thiazole rings is 1. The molecule has 112 valence electrons. The Balaban J connectivity index is 1.65. The van der Waals surface area contributed by atoms with Crippen LogP contribution < -0.4 is 5.32 Å². The van der Waals surface area contributed by atoms with Gasteiger partial charge < -0.3 is 10.4 Å². The molecule has 1 aliphatic rings. The molecule has 2 aromatic rings. The molecule has 0 saturated heterocycles. The number of fused-ring (bicyclic) bond motifs is 1. The Hall–Kier alpha value is -1.23. The van der Waals surface area contributed by atoms with Crippen LogP contribution in [0.3, 0.4) is 0 Å². The zero-order valence-electron chi connectivity index (χ0n) is 12.4. The molecule has 0 spiro atoms. The Morgan fingerprint density at radius 1 is 1.38 bits per heavy atom. The van der Waals surface area contributed by atoms with Crippen molar-refractivity contribution >= 4 is 11.3 Å². The van der Waals surface area contributed by atoms with Crippen LogP contribution in [-0.4, -0.2) is 16.6 Å². The summed E-state index contributed by atoms with van der Waals surface area (Å²) < 4.78 is 0. The molecular formula is C17H22N2OS. The molecule has 1 aromatic carbocycles. The molecule has 1 heterocycles. The lowest BCUT2D eigenvalue weighted by molar-refractivity contribution is 0.0189. The Labute approximate surface area is 130 Å². The molecule has 0 bridgehead atoms. The lowest BCUT2D eigenvalue weighted by Gasteiger charge is -2.34. The first-order valence-electron chi connectivity index (χ1n) is 7.66. The van der Waals surface area contributed by atoms with Gasteiger partial charge in [-0.05, 0) is 36.8 Å². The van der Waals surface area contributed by atoms with Crippen molar-refractivity contribution in [2.24, 2.45) is 0 Å². The van der Waals surface area contributed by atoms with Gasteiger partial charge in [-0.2, -0.15) is 0 Å². The SMILES string of the molecule is CCc1nc(CNCC2(O)CCCc3ccccc32)cs1. The molecule has 2 N–H and O–H groups in total. The van der Waals surface area contributed by atoms with E-state index in [0.717, 1.165) is 43.5 Å². The maximum atomic E-state index is 11.0. The number of nitrogens with zero attached hydrogens (tertiary/aromatic N) is 1. The molecule has 4 heteroatoms. The first-order valence-corrected chi connectivity index (χ1v) is 8.54. The molecule has 0 saturated carbocycles.